The van der Waals surface area contributed by atoms with Crippen LogP contribution in [0.1, 0.15) is 49.8 Å². The van der Waals surface area contributed by atoms with Gasteiger partial charge in [-0.2, -0.15) is 0 Å². The van der Waals surface area contributed by atoms with Crippen LogP contribution in [0, 0.1) is 5.92 Å². The van der Waals surface area contributed by atoms with E-state index in [2.05, 4.69) is 4.72 Å². The van der Waals surface area contributed by atoms with Crippen LogP contribution in [-0.2, 0) is 34.1 Å². The van der Waals surface area contributed by atoms with Crippen molar-refractivity contribution in [3.63, 3.8) is 0 Å². The topological polar surface area (TPSA) is 66.5 Å². The highest BCUT2D eigenvalue weighted by Crippen LogP contribution is 2.36. The minimum atomic E-state index is -3.70. The molecular weight excluding hydrogens is 384 g/mol. The van der Waals surface area contributed by atoms with Gasteiger partial charge in [0.05, 0.1) is 10.6 Å². The monoisotopic (exact) mass is 412 g/mol. The maximum Gasteiger partial charge on any atom is 0.261 e. The molecule has 6 heteroatoms. The van der Waals surface area contributed by atoms with Gasteiger partial charge in [-0.25, -0.2) is 8.42 Å². The quantitative estimate of drug-likeness (QED) is 0.769. The molecule has 1 saturated carbocycles. The Morgan fingerprint density at radius 1 is 1.10 bits per heavy atom. The standard InChI is InChI=1S/C23H28N2O3S/c1-3-16-7-5-8-17(4-2)22(16)24-29(27,28)20-11-12-21-19(15-20)13-14-25(21)23(26)18-9-6-10-18/h5,7-8,11-12,15,18,24H,3-4,6,9-10,13-14H2,1-2H3. The van der Waals surface area contributed by atoms with Crippen molar-refractivity contribution in [2.45, 2.75) is 57.3 Å². The fourth-order valence-corrected chi connectivity index (χ4v) is 5.41. The molecule has 1 aliphatic heterocycles. The lowest BCUT2D eigenvalue weighted by atomic mass is 9.84. The summed E-state index contributed by atoms with van der Waals surface area (Å²) in [6.45, 7) is 4.69. The summed E-state index contributed by atoms with van der Waals surface area (Å²) in [5.74, 6) is 0.331. The first-order valence-electron chi connectivity index (χ1n) is 10.5. The summed E-state index contributed by atoms with van der Waals surface area (Å²) >= 11 is 0. The lowest BCUT2D eigenvalue weighted by molar-refractivity contribution is -0.124. The van der Waals surface area contributed by atoms with Crippen molar-refractivity contribution in [3.8, 4) is 0 Å². The predicted molar refractivity (Wildman–Crippen MR) is 116 cm³/mol. The van der Waals surface area contributed by atoms with E-state index < -0.39 is 10.0 Å². The van der Waals surface area contributed by atoms with Gasteiger partial charge in [0.1, 0.15) is 0 Å². The fourth-order valence-electron chi connectivity index (χ4n) is 4.22. The normalized spacial score (nSPS) is 16.4. The van der Waals surface area contributed by atoms with Gasteiger partial charge >= 0.3 is 0 Å². The number of para-hydroxylation sites is 1. The average molecular weight is 413 g/mol. The Kier molecular flexibility index (Phi) is 5.38. The van der Waals surface area contributed by atoms with Gasteiger partial charge in [-0.3, -0.25) is 9.52 Å². The zero-order valence-corrected chi connectivity index (χ0v) is 17.9. The summed E-state index contributed by atoms with van der Waals surface area (Å²) in [7, 11) is -3.70. The number of nitrogens with zero attached hydrogens (tertiary/aromatic N) is 1. The second-order valence-corrected chi connectivity index (χ2v) is 9.60. The van der Waals surface area contributed by atoms with Crippen molar-refractivity contribution in [3.05, 3.63) is 53.1 Å². The number of benzene rings is 2. The number of aryl methyl sites for hydroxylation is 2. The molecule has 5 nitrogen and oxygen atoms in total. The molecule has 1 aliphatic carbocycles. The zero-order valence-electron chi connectivity index (χ0n) is 17.1. The van der Waals surface area contributed by atoms with Gasteiger partial charge in [0.15, 0.2) is 0 Å². The maximum atomic E-state index is 13.1. The van der Waals surface area contributed by atoms with E-state index in [4.69, 9.17) is 0 Å². The molecule has 2 aromatic carbocycles. The van der Waals surface area contributed by atoms with Crippen LogP contribution in [0.2, 0.25) is 0 Å². The number of carbonyl (C=O) groups is 1. The molecule has 1 amide bonds. The number of fused-ring (bicyclic) bond motifs is 1. The molecule has 0 saturated heterocycles. The third kappa shape index (κ3) is 3.66. The van der Waals surface area contributed by atoms with Gasteiger partial charge in [0, 0.05) is 18.2 Å². The summed E-state index contributed by atoms with van der Waals surface area (Å²) in [6, 6.07) is 11.0. The molecule has 0 aromatic heterocycles. The number of sulfonamides is 1. The van der Waals surface area contributed by atoms with Gasteiger partial charge in [0.25, 0.3) is 10.0 Å². The van der Waals surface area contributed by atoms with Crippen LogP contribution in [0.25, 0.3) is 0 Å². The van der Waals surface area contributed by atoms with Crippen LogP contribution in [0.4, 0.5) is 11.4 Å². The van der Waals surface area contributed by atoms with Crippen molar-refractivity contribution in [2.75, 3.05) is 16.2 Å². The van der Waals surface area contributed by atoms with E-state index >= 15 is 0 Å². The molecule has 2 aromatic rings. The van der Waals surface area contributed by atoms with Crippen molar-refractivity contribution in [2.24, 2.45) is 5.92 Å². The second-order valence-electron chi connectivity index (χ2n) is 7.92. The summed E-state index contributed by atoms with van der Waals surface area (Å²) in [4.78, 5) is 14.7. The Morgan fingerprint density at radius 2 is 1.79 bits per heavy atom. The minimum Gasteiger partial charge on any atom is -0.312 e. The highest BCUT2D eigenvalue weighted by molar-refractivity contribution is 7.92. The number of carbonyl (C=O) groups excluding carboxylic acids is 1. The van der Waals surface area contributed by atoms with E-state index in [9.17, 15) is 13.2 Å². The molecule has 154 valence electrons. The van der Waals surface area contributed by atoms with E-state index in [1.807, 2.05) is 36.9 Å². The molecule has 29 heavy (non-hydrogen) atoms. The SMILES string of the molecule is CCc1cccc(CC)c1NS(=O)(=O)c1ccc2c(c1)CCN2C(=O)C1CCC1. The molecule has 0 spiro atoms. The van der Waals surface area contributed by atoms with Gasteiger partial charge in [0.2, 0.25) is 5.91 Å². The van der Waals surface area contributed by atoms with Crippen LogP contribution in [0.5, 0.6) is 0 Å². The maximum absolute atomic E-state index is 13.1. The number of amides is 1. The average Bonchev–Trinajstić information content (AvgIpc) is 3.09. The van der Waals surface area contributed by atoms with Gasteiger partial charge in [-0.05, 0) is 67.0 Å². The van der Waals surface area contributed by atoms with E-state index in [1.54, 1.807) is 18.2 Å². The summed E-state index contributed by atoms with van der Waals surface area (Å²) in [6.07, 6.45) is 5.28. The van der Waals surface area contributed by atoms with Crippen molar-refractivity contribution in [1.82, 2.24) is 0 Å². The summed E-state index contributed by atoms with van der Waals surface area (Å²) in [5, 5.41) is 0. The Hall–Kier alpha value is -2.34. The molecule has 1 N–H and O–H groups in total. The first-order valence-corrected chi connectivity index (χ1v) is 12.0. The number of hydrogen-bond donors (Lipinski definition) is 1. The first-order chi connectivity index (χ1) is 13.9. The number of anilines is 2. The largest absolute Gasteiger partial charge is 0.312 e. The summed E-state index contributed by atoms with van der Waals surface area (Å²) in [5.41, 5.74) is 4.47. The third-order valence-electron chi connectivity index (χ3n) is 6.21. The van der Waals surface area contributed by atoms with E-state index in [0.29, 0.717) is 18.7 Å². The predicted octanol–water partition coefficient (Wildman–Crippen LogP) is 4.30. The van der Waals surface area contributed by atoms with Crippen molar-refractivity contribution < 1.29 is 13.2 Å². The molecule has 0 unspecified atom stereocenters. The third-order valence-corrected chi connectivity index (χ3v) is 7.56. The van der Waals surface area contributed by atoms with Crippen molar-refractivity contribution >= 4 is 27.3 Å². The highest BCUT2D eigenvalue weighted by Gasteiger charge is 2.34. The highest BCUT2D eigenvalue weighted by atomic mass is 32.2. The Balaban J connectivity index is 1.62. The van der Waals surface area contributed by atoms with Gasteiger partial charge < -0.3 is 4.90 Å². The summed E-state index contributed by atoms with van der Waals surface area (Å²) < 4.78 is 29.1. The Labute approximate surface area is 173 Å². The molecule has 4 rings (SSSR count). The second kappa shape index (κ2) is 7.82. The van der Waals surface area contributed by atoms with E-state index in [1.165, 1.54) is 0 Å². The van der Waals surface area contributed by atoms with Crippen LogP contribution in [-0.4, -0.2) is 20.9 Å². The molecule has 2 aliphatic rings. The Bertz CT molecular complexity index is 1020. The number of hydrogen-bond acceptors (Lipinski definition) is 3. The molecule has 0 radical (unpaired) electrons. The van der Waals surface area contributed by atoms with Crippen LogP contribution in [0.3, 0.4) is 0 Å². The van der Waals surface area contributed by atoms with Crippen LogP contribution in [0.15, 0.2) is 41.3 Å². The number of rotatable bonds is 6. The van der Waals surface area contributed by atoms with Crippen LogP contribution < -0.4 is 9.62 Å². The molecule has 1 fully saturated rings. The van der Waals surface area contributed by atoms with E-state index in [-0.39, 0.29) is 16.7 Å². The number of nitrogens with one attached hydrogen (secondary N) is 1. The first kappa shape index (κ1) is 20.0. The van der Waals surface area contributed by atoms with Crippen LogP contribution >= 0.6 is 0 Å². The van der Waals surface area contributed by atoms with E-state index in [0.717, 1.165) is 54.5 Å². The minimum absolute atomic E-state index is 0.143. The van der Waals surface area contributed by atoms with Crippen molar-refractivity contribution in [1.29, 1.82) is 0 Å². The molecule has 0 atom stereocenters. The zero-order chi connectivity index (χ0) is 20.6. The van der Waals surface area contributed by atoms with Gasteiger partial charge in [-0.1, -0.05) is 38.5 Å². The Morgan fingerprint density at radius 3 is 2.38 bits per heavy atom. The smallest absolute Gasteiger partial charge is 0.261 e. The lowest BCUT2D eigenvalue weighted by Gasteiger charge is -2.29. The lowest BCUT2D eigenvalue weighted by Crippen LogP contribution is -2.37. The fraction of sp³-hybridized carbons (Fsp3) is 0.435. The molecular formula is C23H28N2O3S. The molecule has 1 heterocycles. The molecule has 0 bridgehead atoms. The van der Waals surface area contributed by atoms with Gasteiger partial charge in [-0.15, -0.1) is 0 Å².